The first kappa shape index (κ1) is 13.4. The van der Waals surface area contributed by atoms with Crippen molar-refractivity contribution >= 4 is 5.69 Å². The normalized spacial score (nSPS) is 21.5. The number of para-hydroxylation sites is 1. The van der Waals surface area contributed by atoms with Gasteiger partial charge in [0.05, 0.1) is 11.8 Å². The van der Waals surface area contributed by atoms with Gasteiger partial charge in [0.2, 0.25) is 0 Å². The van der Waals surface area contributed by atoms with E-state index in [1.54, 1.807) is 6.07 Å². The molecule has 1 aliphatic carbocycles. The monoisotopic (exact) mass is 273 g/mol. The summed E-state index contributed by atoms with van der Waals surface area (Å²) in [5.41, 5.74) is 0.986. The predicted molar refractivity (Wildman–Crippen MR) is 77.0 cm³/mol. The molecule has 1 heterocycles. The second-order valence-electron chi connectivity index (χ2n) is 6.05. The number of benzene rings is 1. The van der Waals surface area contributed by atoms with Crippen LogP contribution >= 0.6 is 0 Å². The van der Waals surface area contributed by atoms with E-state index in [0.717, 1.165) is 32.7 Å². The number of nitriles is 1. The lowest BCUT2D eigenvalue weighted by atomic mass is 10.0. The minimum absolute atomic E-state index is 0.135. The molecule has 1 saturated heterocycles. The van der Waals surface area contributed by atoms with E-state index in [2.05, 4.69) is 15.9 Å². The minimum Gasteiger partial charge on any atom is -0.367 e. The largest absolute Gasteiger partial charge is 0.367 e. The minimum atomic E-state index is -0.135. The molecule has 0 aromatic heterocycles. The van der Waals surface area contributed by atoms with Gasteiger partial charge < -0.3 is 4.90 Å². The van der Waals surface area contributed by atoms with Gasteiger partial charge in [0.1, 0.15) is 5.82 Å². The van der Waals surface area contributed by atoms with Crippen LogP contribution in [0.5, 0.6) is 0 Å². The molecule has 106 valence electrons. The zero-order valence-corrected chi connectivity index (χ0v) is 11.7. The quantitative estimate of drug-likeness (QED) is 0.845. The molecule has 0 bridgehead atoms. The third-order valence-electron chi connectivity index (χ3n) is 4.54. The first-order valence-corrected chi connectivity index (χ1v) is 7.31. The van der Waals surface area contributed by atoms with E-state index in [-0.39, 0.29) is 11.2 Å². The van der Waals surface area contributed by atoms with Crippen molar-refractivity contribution in [2.24, 2.45) is 5.41 Å². The van der Waals surface area contributed by atoms with E-state index in [1.807, 2.05) is 12.1 Å². The number of hydrogen-bond donors (Lipinski definition) is 0. The Morgan fingerprint density at radius 2 is 1.85 bits per heavy atom. The van der Waals surface area contributed by atoms with Crippen LogP contribution in [0.3, 0.4) is 0 Å². The van der Waals surface area contributed by atoms with E-state index in [1.165, 1.54) is 18.9 Å². The molecule has 1 aromatic rings. The average Bonchev–Trinajstić information content (AvgIpc) is 3.20. The van der Waals surface area contributed by atoms with Crippen molar-refractivity contribution in [2.45, 2.75) is 19.3 Å². The molecule has 0 N–H and O–H groups in total. The maximum Gasteiger partial charge on any atom is 0.146 e. The van der Waals surface area contributed by atoms with Crippen LogP contribution in [-0.4, -0.2) is 37.6 Å². The zero-order chi connectivity index (χ0) is 14.0. The van der Waals surface area contributed by atoms with Gasteiger partial charge in [-0.1, -0.05) is 12.1 Å². The Hall–Kier alpha value is -1.60. The van der Waals surface area contributed by atoms with E-state index in [9.17, 15) is 4.39 Å². The summed E-state index contributed by atoms with van der Waals surface area (Å²) in [5.74, 6) is -0.135. The molecule has 0 unspecified atom stereocenters. The molecule has 2 aliphatic rings. The van der Waals surface area contributed by atoms with Crippen LogP contribution < -0.4 is 4.90 Å². The van der Waals surface area contributed by atoms with Gasteiger partial charge >= 0.3 is 0 Å². The third-order valence-corrected chi connectivity index (χ3v) is 4.54. The number of rotatable bonds is 4. The van der Waals surface area contributed by atoms with Crippen LogP contribution in [0.4, 0.5) is 10.1 Å². The highest BCUT2D eigenvalue weighted by Crippen LogP contribution is 2.49. The fraction of sp³-hybridized carbons (Fsp3) is 0.562. The zero-order valence-electron chi connectivity index (χ0n) is 11.7. The summed E-state index contributed by atoms with van der Waals surface area (Å²) in [7, 11) is 0. The molecule has 3 rings (SSSR count). The highest BCUT2D eigenvalue weighted by atomic mass is 19.1. The van der Waals surface area contributed by atoms with Gasteiger partial charge in [0, 0.05) is 39.1 Å². The number of piperazine rings is 1. The molecule has 0 atom stereocenters. The maximum atomic E-state index is 13.8. The first-order valence-electron chi connectivity index (χ1n) is 7.31. The van der Waals surface area contributed by atoms with Crippen LogP contribution in [-0.2, 0) is 0 Å². The fourth-order valence-electron chi connectivity index (χ4n) is 3.06. The number of hydrogen-bond acceptors (Lipinski definition) is 3. The average molecular weight is 273 g/mol. The predicted octanol–water partition coefficient (Wildman–Crippen LogP) is 2.64. The summed E-state index contributed by atoms with van der Waals surface area (Å²) in [6.07, 6.45) is 3.06. The molecule has 1 aliphatic heterocycles. The number of nitrogens with zero attached hydrogens (tertiary/aromatic N) is 3. The van der Waals surface area contributed by atoms with Crippen molar-refractivity contribution < 1.29 is 4.39 Å². The van der Waals surface area contributed by atoms with Crippen LogP contribution in [0.2, 0.25) is 0 Å². The van der Waals surface area contributed by atoms with Crippen LogP contribution in [0, 0.1) is 22.6 Å². The van der Waals surface area contributed by atoms with Gasteiger partial charge in [-0.25, -0.2) is 4.39 Å². The topological polar surface area (TPSA) is 30.3 Å². The molecular weight excluding hydrogens is 253 g/mol. The highest BCUT2D eigenvalue weighted by Gasteiger charge is 2.43. The summed E-state index contributed by atoms with van der Waals surface area (Å²) in [6, 6.07) is 9.30. The van der Waals surface area contributed by atoms with Gasteiger partial charge in [-0.05, 0) is 30.4 Å². The van der Waals surface area contributed by atoms with Crippen molar-refractivity contribution in [3.63, 3.8) is 0 Å². The Kier molecular flexibility index (Phi) is 3.62. The lowest BCUT2D eigenvalue weighted by molar-refractivity contribution is 0.209. The molecule has 0 radical (unpaired) electrons. The van der Waals surface area contributed by atoms with Crippen molar-refractivity contribution in [2.75, 3.05) is 37.6 Å². The highest BCUT2D eigenvalue weighted by molar-refractivity contribution is 5.48. The summed E-state index contributed by atoms with van der Waals surface area (Å²) >= 11 is 0. The smallest absolute Gasteiger partial charge is 0.146 e. The Bertz CT molecular complexity index is 511. The fourth-order valence-corrected chi connectivity index (χ4v) is 3.06. The van der Waals surface area contributed by atoms with Crippen LogP contribution in [0.1, 0.15) is 19.3 Å². The van der Waals surface area contributed by atoms with E-state index in [0.29, 0.717) is 12.1 Å². The summed E-state index contributed by atoms with van der Waals surface area (Å²) in [6.45, 7) is 4.68. The Labute approximate surface area is 119 Å². The Morgan fingerprint density at radius 1 is 1.15 bits per heavy atom. The maximum absolute atomic E-state index is 13.8. The standard InChI is InChI=1S/C16H20FN3/c17-14-3-1-2-4-15(14)20-11-9-19(10-12-20)13-16(5-6-16)7-8-18/h1-4H,5-7,9-13H2. The van der Waals surface area contributed by atoms with Gasteiger partial charge in [0.25, 0.3) is 0 Å². The summed E-state index contributed by atoms with van der Waals surface area (Å²) in [5, 5.41) is 8.87. The van der Waals surface area contributed by atoms with Crippen LogP contribution in [0.25, 0.3) is 0 Å². The van der Waals surface area contributed by atoms with E-state index < -0.39 is 0 Å². The third kappa shape index (κ3) is 2.78. The molecule has 0 spiro atoms. The van der Waals surface area contributed by atoms with Crippen LogP contribution in [0.15, 0.2) is 24.3 Å². The lowest BCUT2D eigenvalue weighted by Gasteiger charge is -2.37. The number of anilines is 1. The second-order valence-corrected chi connectivity index (χ2v) is 6.05. The molecule has 2 fully saturated rings. The van der Waals surface area contributed by atoms with Gasteiger partial charge in [-0.3, -0.25) is 4.90 Å². The van der Waals surface area contributed by atoms with Gasteiger partial charge in [0.15, 0.2) is 0 Å². The first-order chi connectivity index (χ1) is 9.72. The molecule has 20 heavy (non-hydrogen) atoms. The molecule has 3 nitrogen and oxygen atoms in total. The molecular formula is C16H20FN3. The van der Waals surface area contributed by atoms with Crippen molar-refractivity contribution in [1.82, 2.24) is 4.90 Å². The van der Waals surface area contributed by atoms with E-state index >= 15 is 0 Å². The van der Waals surface area contributed by atoms with Crippen molar-refractivity contribution in [3.05, 3.63) is 30.1 Å². The van der Waals surface area contributed by atoms with Gasteiger partial charge in [-0.15, -0.1) is 0 Å². The molecule has 1 saturated carbocycles. The summed E-state index contributed by atoms with van der Waals surface area (Å²) in [4.78, 5) is 4.55. The van der Waals surface area contributed by atoms with Crippen molar-refractivity contribution in [3.8, 4) is 6.07 Å². The Balaban J connectivity index is 1.55. The molecule has 4 heteroatoms. The lowest BCUT2D eigenvalue weighted by Crippen LogP contribution is -2.48. The summed E-state index contributed by atoms with van der Waals surface area (Å²) < 4.78 is 13.8. The molecule has 1 aromatic carbocycles. The molecule has 0 amide bonds. The number of halogens is 1. The van der Waals surface area contributed by atoms with Gasteiger partial charge in [-0.2, -0.15) is 5.26 Å². The Morgan fingerprint density at radius 3 is 2.45 bits per heavy atom. The second kappa shape index (κ2) is 5.41. The SMILES string of the molecule is N#CCC1(CN2CCN(c3ccccc3F)CC2)CC1. The van der Waals surface area contributed by atoms with E-state index in [4.69, 9.17) is 5.26 Å². The van der Waals surface area contributed by atoms with Crippen molar-refractivity contribution in [1.29, 1.82) is 5.26 Å².